The number of rotatable bonds is 5. The summed E-state index contributed by atoms with van der Waals surface area (Å²) in [6.07, 6.45) is 4.86. The van der Waals surface area contributed by atoms with E-state index in [1.54, 1.807) is 11.1 Å². The van der Waals surface area contributed by atoms with E-state index < -0.39 is 0 Å². The lowest BCUT2D eigenvalue weighted by Gasteiger charge is -2.30. The number of aromatic nitrogens is 1. The van der Waals surface area contributed by atoms with Crippen LogP contribution in [0, 0.1) is 0 Å². The molecule has 5 heteroatoms. The van der Waals surface area contributed by atoms with Crippen LogP contribution in [-0.2, 0) is 11.2 Å². The zero-order valence-corrected chi connectivity index (χ0v) is 13.1. The minimum absolute atomic E-state index is 0.110. The predicted molar refractivity (Wildman–Crippen MR) is 86.7 cm³/mol. The van der Waals surface area contributed by atoms with Crippen LogP contribution in [0.1, 0.15) is 31.6 Å². The number of nitrogens with zero attached hydrogens (tertiary/aromatic N) is 2. The summed E-state index contributed by atoms with van der Waals surface area (Å²) in [5.74, 6) is 1.53. The van der Waals surface area contributed by atoms with Gasteiger partial charge in [0.05, 0.1) is 12.3 Å². The van der Waals surface area contributed by atoms with Gasteiger partial charge in [-0.1, -0.05) is 30.3 Å². The zero-order valence-electron chi connectivity index (χ0n) is 13.1. The molecule has 23 heavy (non-hydrogen) atoms. The van der Waals surface area contributed by atoms with Crippen molar-refractivity contribution in [2.75, 3.05) is 13.1 Å². The van der Waals surface area contributed by atoms with Gasteiger partial charge in [-0.05, 0) is 19.3 Å². The van der Waals surface area contributed by atoms with Crippen molar-refractivity contribution in [1.29, 1.82) is 0 Å². The number of amides is 1. The van der Waals surface area contributed by atoms with Crippen molar-refractivity contribution in [3.63, 3.8) is 0 Å². The molecule has 1 unspecified atom stereocenters. The van der Waals surface area contributed by atoms with Crippen LogP contribution in [0.25, 0.3) is 11.3 Å². The van der Waals surface area contributed by atoms with E-state index >= 15 is 0 Å². The first-order valence-electron chi connectivity index (χ1n) is 8.18. The van der Waals surface area contributed by atoms with Gasteiger partial charge in [0.15, 0.2) is 11.7 Å². The smallest absolute Gasteiger partial charge is 0.222 e. The second-order valence-corrected chi connectivity index (χ2v) is 5.97. The molecule has 0 spiro atoms. The average molecular weight is 314 g/mol. The van der Waals surface area contributed by atoms with Crippen LogP contribution < -0.4 is 0 Å². The summed E-state index contributed by atoms with van der Waals surface area (Å²) in [5, 5.41) is 9.62. The normalized spacial score (nSPS) is 18.1. The maximum Gasteiger partial charge on any atom is 0.222 e. The lowest BCUT2D eigenvalue weighted by Crippen LogP contribution is -2.42. The number of hydrogen-bond acceptors (Lipinski definition) is 4. The van der Waals surface area contributed by atoms with Gasteiger partial charge < -0.3 is 14.4 Å². The number of hydrogen-bond donors (Lipinski definition) is 1. The topological polar surface area (TPSA) is 66.6 Å². The Hall–Kier alpha value is -2.14. The van der Waals surface area contributed by atoms with Crippen LogP contribution in [0.3, 0.4) is 0 Å². The molecule has 1 N–H and O–H groups in total. The molecule has 0 saturated carbocycles. The summed E-state index contributed by atoms with van der Waals surface area (Å²) in [6.45, 7) is 1.23. The average Bonchev–Trinajstić information content (AvgIpc) is 3.04. The van der Waals surface area contributed by atoms with E-state index in [0.717, 1.165) is 30.7 Å². The first-order valence-corrected chi connectivity index (χ1v) is 8.18. The van der Waals surface area contributed by atoms with E-state index in [-0.39, 0.29) is 12.0 Å². The summed E-state index contributed by atoms with van der Waals surface area (Å²) >= 11 is 0. The standard InChI is InChI=1S/C18H22N2O3/c21-15-8-5-11-20(13-15)18(22)10-4-9-17-19-12-16(23-17)14-6-2-1-3-7-14/h1-3,6-7,12,15,21H,4-5,8-11,13H2. The minimum atomic E-state index is -0.368. The van der Waals surface area contributed by atoms with Crippen LogP contribution in [0.4, 0.5) is 0 Å². The number of likely N-dealkylation sites (tertiary alicyclic amines) is 1. The molecule has 1 saturated heterocycles. The van der Waals surface area contributed by atoms with E-state index in [2.05, 4.69) is 4.98 Å². The first-order chi connectivity index (χ1) is 11.2. The molecular weight excluding hydrogens is 292 g/mol. The maximum atomic E-state index is 12.1. The van der Waals surface area contributed by atoms with Crippen molar-refractivity contribution in [3.8, 4) is 11.3 Å². The third-order valence-corrected chi connectivity index (χ3v) is 4.14. The monoisotopic (exact) mass is 314 g/mol. The molecule has 1 atom stereocenters. The molecule has 1 aromatic heterocycles. The fourth-order valence-corrected chi connectivity index (χ4v) is 2.89. The maximum absolute atomic E-state index is 12.1. The summed E-state index contributed by atoms with van der Waals surface area (Å²) < 4.78 is 5.74. The number of carbonyl (C=O) groups excluding carboxylic acids is 1. The Balaban J connectivity index is 1.47. The molecule has 1 amide bonds. The van der Waals surface area contributed by atoms with Gasteiger partial charge in [-0.15, -0.1) is 0 Å². The molecule has 1 aliphatic heterocycles. The van der Waals surface area contributed by atoms with Gasteiger partial charge in [-0.2, -0.15) is 0 Å². The van der Waals surface area contributed by atoms with Gasteiger partial charge in [0.1, 0.15) is 0 Å². The van der Waals surface area contributed by atoms with Gasteiger partial charge in [0, 0.05) is 31.5 Å². The Morgan fingerprint density at radius 3 is 2.96 bits per heavy atom. The number of benzene rings is 1. The number of aryl methyl sites for hydroxylation is 1. The Morgan fingerprint density at radius 1 is 1.35 bits per heavy atom. The van der Waals surface area contributed by atoms with Gasteiger partial charge in [0.25, 0.3) is 0 Å². The van der Waals surface area contributed by atoms with Crippen molar-refractivity contribution >= 4 is 5.91 Å². The molecule has 2 aromatic rings. The minimum Gasteiger partial charge on any atom is -0.441 e. The summed E-state index contributed by atoms with van der Waals surface area (Å²) in [6, 6.07) is 9.85. The largest absolute Gasteiger partial charge is 0.441 e. The van der Waals surface area contributed by atoms with E-state index in [4.69, 9.17) is 4.42 Å². The van der Waals surface area contributed by atoms with E-state index in [0.29, 0.717) is 31.7 Å². The molecule has 2 heterocycles. The van der Waals surface area contributed by atoms with E-state index in [9.17, 15) is 9.90 Å². The van der Waals surface area contributed by atoms with Crippen molar-refractivity contribution in [3.05, 3.63) is 42.4 Å². The molecule has 0 aliphatic carbocycles. The van der Waals surface area contributed by atoms with Crippen LogP contribution >= 0.6 is 0 Å². The highest BCUT2D eigenvalue weighted by atomic mass is 16.4. The molecule has 1 aromatic carbocycles. The Kier molecular flexibility index (Phi) is 5.08. The first kappa shape index (κ1) is 15.7. The number of oxazole rings is 1. The highest BCUT2D eigenvalue weighted by Crippen LogP contribution is 2.20. The van der Waals surface area contributed by atoms with Crippen LogP contribution in [-0.4, -0.2) is 40.1 Å². The predicted octanol–water partition coefficient (Wildman–Crippen LogP) is 2.65. The summed E-state index contributed by atoms with van der Waals surface area (Å²) in [4.78, 5) is 18.2. The van der Waals surface area contributed by atoms with Gasteiger partial charge >= 0.3 is 0 Å². The SMILES string of the molecule is O=C(CCCc1ncc(-c2ccccc2)o1)N1CCCC(O)C1. The van der Waals surface area contributed by atoms with Crippen molar-refractivity contribution in [1.82, 2.24) is 9.88 Å². The molecule has 1 fully saturated rings. The number of aliphatic hydroxyl groups excluding tert-OH is 1. The quantitative estimate of drug-likeness (QED) is 0.921. The van der Waals surface area contributed by atoms with Crippen LogP contribution in [0.15, 0.2) is 40.9 Å². The number of aliphatic hydroxyl groups is 1. The van der Waals surface area contributed by atoms with E-state index in [1.165, 1.54) is 0 Å². The molecule has 0 bridgehead atoms. The molecule has 1 aliphatic rings. The Bertz CT molecular complexity index is 639. The fraction of sp³-hybridized carbons (Fsp3) is 0.444. The third-order valence-electron chi connectivity index (χ3n) is 4.14. The number of β-amino-alcohol motifs (C(OH)–C–C–N with tert-alkyl or cyclic N) is 1. The summed E-state index contributed by atoms with van der Waals surface area (Å²) in [7, 11) is 0. The van der Waals surface area contributed by atoms with Crippen molar-refractivity contribution < 1.29 is 14.3 Å². The highest BCUT2D eigenvalue weighted by Gasteiger charge is 2.21. The molecule has 0 radical (unpaired) electrons. The van der Waals surface area contributed by atoms with Gasteiger partial charge in [-0.25, -0.2) is 4.98 Å². The van der Waals surface area contributed by atoms with Gasteiger partial charge in [0.2, 0.25) is 5.91 Å². The Labute approximate surface area is 135 Å². The zero-order chi connectivity index (χ0) is 16.1. The van der Waals surface area contributed by atoms with Crippen molar-refractivity contribution in [2.24, 2.45) is 0 Å². The second-order valence-electron chi connectivity index (χ2n) is 5.97. The lowest BCUT2D eigenvalue weighted by molar-refractivity contribution is -0.134. The number of piperidine rings is 1. The molecular formula is C18H22N2O3. The van der Waals surface area contributed by atoms with Crippen LogP contribution in [0.2, 0.25) is 0 Å². The Morgan fingerprint density at radius 2 is 2.17 bits per heavy atom. The molecule has 5 nitrogen and oxygen atoms in total. The van der Waals surface area contributed by atoms with Crippen LogP contribution in [0.5, 0.6) is 0 Å². The summed E-state index contributed by atoms with van der Waals surface area (Å²) in [5.41, 5.74) is 1.00. The van der Waals surface area contributed by atoms with Crippen molar-refractivity contribution in [2.45, 2.75) is 38.2 Å². The van der Waals surface area contributed by atoms with Gasteiger partial charge in [-0.3, -0.25) is 4.79 Å². The third kappa shape index (κ3) is 4.20. The fourth-order valence-electron chi connectivity index (χ4n) is 2.89. The lowest BCUT2D eigenvalue weighted by atomic mass is 10.1. The molecule has 3 rings (SSSR count). The van der Waals surface area contributed by atoms with E-state index in [1.807, 2.05) is 30.3 Å². The second kappa shape index (κ2) is 7.42. The molecule has 122 valence electrons. The number of carbonyl (C=O) groups is 1. The highest BCUT2D eigenvalue weighted by molar-refractivity contribution is 5.76.